The van der Waals surface area contributed by atoms with Crippen LogP contribution in [-0.4, -0.2) is 6.54 Å². The molecule has 0 amide bonds. The summed E-state index contributed by atoms with van der Waals surface area (Å²) in [6.45, 7) is 2.84. The third-order valence-corrected chi connectivity index (χ3v) is 4.25. The van der Waals surface area contributed by atoms with Gasteiger partial charge in [0.1, 0.15) is 5.82 Å². The molecule has 0 aliphatic carbocycles. The number of halogens is 4. The molecule has 0 heterocycles. The number of likely N-dealkylation sites (N-methyl/N-ethyl adjacent to an activating group) is 1. The minimum atomic E-state index is -0.407. The Morgan fingerprint density at radius 2 is 1.76 bits per heavy atom. The Morgan fingerprint density at radius 3 is 2.38 bits per heavy atom. The molecule has 0 spiro atoms. The summed E-state index contributed by atoms with van der Waals surface area (Å²) in [7, 11) is 0. The van der Waals surface area contributed by atoms with Gasteiger partial charge in [-0.15, -0.1) is 0 Å². The second-order valence-electron chi connectivity index (χ2n) is 4.74. The summed E-state index contributed by atoms with van der Waals surface area (Å²) in [6, 6.07) is 10.4. The van der Waals surface area contributed by atoms with E-state index in [4.69, 9.17) is 34.8 Å². The van der Waals surface area contributed by atoms with Gasteiger partial charge in [-0.2, -0.15) is 0 Å². The smallest absolute Gasteiger partial charge is 0.141 e. The van der Waals surface area contributed by atoms with Crippen LogP contribution < -0.4 is 5.32 Å². The van der Waals surface area contributed by atoms with Gasteiger partial charge in [0.2, 0.25) is 0 Å². The third-order valence-electron chi connectivity index (χ3n) is 3.22. The van der Waals surface area contributed by atoms with E-state index in [0.717, 1.165) is 17.7 Å². The van der Waals surface area contributed by atoms with Crippen molar-refractivity contribution in [2.45, 2.75) is 19.4 Å². The zero-order chi connectivity index (χ0) is 15.4. The highest BCUT2D eigenvalue weighted by Gasteiger charge is 2.13. The van der Waals surface area contributed by atoms with E-state index in [1.165, 1.54) is 6.07 Å². The van der Waals surface area contributed by atoms with E-state index >= 15 is 0 Å². The van der Waals surface area contributed by atoms with Gasteiger partial charge in [-0.3, -0.25) is 0 Å². The molecule has 0 radical (unpaired) electrons. The van der Waals surface area contributed by atoms with Crippen LogP contribution in [0, 0.1) is 5.82 Å². The van der Waals surface area contributed by atoms with Crippen LogP contribution in [0.15, 0.2) is 36.4 Å². The molecule has 2 rings (SSSR count). The van der Waals surface area contributed by atoms with Gasteiger partial charge >= 0.3 is 0 Å². The molecular formula is C16H15Cl3FN. The average molecular weight is 347 g/mol. The fraction of sp³-hybridized carbons (Fsp3) is 0.250. The van der Waals surface area contributed by atoms with E-state index in [9.17, 15) is 4.39 Å². The molecule has 1 unspecified atom stereocenters. The van der Waals surface area contributed by atoms with Gasteiger partial charge in [-0.1, -0.05) is 53.9 Å². The molecule has 0 saturated carbocycles. The fourth-order valence-corrected chi connectivity index (χ4v) is 2.70. The average Bonchev–Trinajstić information content (AvgIpc) is 2.45. The van der Waals surface area contributed by atoms with Gasteiger partial charge in [-0.25, -0.2) is 4.39 Å². The monoisotopic (exact) mass is 345 g/mol. The summed E-state index contributed by atoms with van der Waals surface area (Å²) in [5, 5.41) is 4.58. The van der Waals surface area contributed by atoms with Gasteiger partial charge in [0.05, 0.1) is 15.1 Å². The topological polar surface area (TPSA) is 12.0 Å². The molecule has 0 aliphatic heterocycles. The van der Waals surface area contributed by atoms with Crippen molar-refractivity contribution in [3.63, 3.8) is 0 Å². The Bertz CT molecular complexity index is 631. The van der Waals surface area contributed by atoms with Crippen LogP contribution >= 0.6 is 34.8 Å². The minimum Gasteiger partial charge on any atom is -0.310 e. The first kappa shape index (κ1) is 16.6. The minimum absolute atomic E-state index is 0.0614. The summed E-state index contributed by atoms with van der Waals surface area (Å²) < 4.78 is 13.2. The number of hydrogen-bond donors (Lipinski definition) is 1. The SMILES string of the molecule is CCNC(Cc1ccc(F)c(Cl)c1)c1ccc(Cl)c(Cl)c1. The lowest BCUT2D eigenvalue weighted by Crippen LogP contribution is -2.23. The highest BCUT2D eigenvalue weighted by Crippen LogP contribution is 2.28. The van der Waals surface area contributed by atoms with Crippen molar-refractivity contribution in [2.24, 2.45) is 0 Å². The molecule has 1 atom stereocenters. The molecule has 5 heteroatoms. The maximum atomic E-state index is 13.2. The quantitative estimate of drug-likeness (QED) is 0.734. The number of rotatable bonds is 5. The highest BCUT2D eigenvalue weighted by atomic mass is 35.5. The van der Waals surface area contributed by atoms with Crippen LogP contribution in [-0.2, 0) is 6.42 Å². The molecule has 0 aliphatic rings. The molecule has 0 fully saturated rings. The van der Waals surface area contributed by atoms with Gasteiger partial charge in [0, 0.05) is 6.04 Å². The second-order valence-corrected chi connectivity index (χ2v) is 5.96. The van der Waals surface area contributed by atoms with Crippen LogP contribution in [0.2, 0.25) is 15.1 Å². The van der Waals surface area contributed by atoms with E-state index in [2.05, 4.69) is 5.32 Å². The molecule has 1 nitrogen and oxygen atoms in total. The Hall–Kier alpha value is -0.800. The van der Waals surface area contributed by atoms with Crippen LogP contribution in [0.1, 0.15) is 24.1 Å². The van der Waals surface area contributed by atoms with Gasteiger partial charge in [0.15, 0.2) is 0 Å². The van der Waals surface area contributed by atoms with Crippen molar-refractivity contribution in [1.29, 1.82) is 0 Å². The van der Waals surface area contributed by atoms with Crippen molar-refractivity contribution >= 4 is 34.8 Å². The Balaban J connectivity index is 2.25. The van der Waals surface area contributed by atoms with E-state index in [-0.39, 0.29) is 11.1 Å². The maximum Gasteiger partial charge on any atom is 0.141 e. The summed E-state index contributed by atoms with van der Waals surface area (Å²) in [5.74, 6) is -0.407. The zero-order valence-electron chi connectivity index (χ0n) is 11.5. The van der Waals surface area contributed by atoms with Crippen molar-refractivity contribution < 1.29 is 4.39 Å². The van der Waals surface area contributed by atoms with Crippen LogP contribution in [0.4, 0.5) is 4.39 Å². The number of hydrogen-bond acceptors (Lipinski definition) is 1. The van der Waals surface area contributed by atoms with Crippen LogP contribution in [0.5, 0.6) is 0 Å². The molecule has 0 saturated heterocycles. The fourth-order valence-electron chi connectivity index (χ4n) is 2.19. The summed E-state index contributed by atoms with van der Waals surface area (Å²) >= 11 is 17.9. The van der Waals surface area contributed by atoms with Crippen LogP contribution in [0.25, 0.3) is 0 Å². The van der Waals surface area contributed by atoms with E-state index < -0.39 is 5.82 Å². The molecular weight excluding hydrogens is 332 g/mol. The number of nitrogens with one attached hydrogen (secondary N) is 1. The predicted octanol–water partition coefficient (Wildman–Crippen LogP) is 5.68. The molecule has 2 aromatic rings. The largest absolute Gasteiger partial charge is 0.310 e. The molecule has 21 heavy (non-hydrogen) atoms. The first-order valence-corrected chi connectivity index (χ1v) is 7.77. The van der Waals surface area contributed by atoms with E-state index in [0.29, 0.717) is 16.5 Å². The first-order valence-electron chi connectivity index (χ1n) is 6.63. The van der Waals surface area contributed by atoms with E-state index in [1.54, 1.807) is 18.2 Å². The molecule has 0 aromatic heterocycles. The third kappa shape index (κ3) is 4.33. The normalized spacial score (nSPS) is 12.4. The lowest BCUT2D eigenvalue weighted by molar-refractivity contribution is 0.549. The predicted molar refractivity (Wildman–Crippen MR) is 88.0 cm³/mol. The Kier molecular flexibility index (Phi) is 5.88. The molecule has 2 aromatic carbocycles. The highest BCUT2D eigenvalue weighted by molar-refractivity contribution is 6.42. The van der Waals surface area contributed by atoms with Crippen LogP contribution in [0.3, 0.4) is 0 Å². The molecule has 0 bridgehead atoms. The second kappa shape index (κ2) is 7.46. The maximum absolute atomic E-state index is 13.2. The molecule has 1 N–H and O–H groups in total. The number of benzene rings is 2. The summed E-state index contributed by atoms with van der Waals surface area (Å²) in [5.41, 5.74) is 1.99. The van der Waals surface area contributed by atoms with Crippen molar-refractivity contribution in [3.8, 4) is 0 Å². The summed E-state index contributed by atoms with van der Waals surface area (Å²) in [6.07, 6.45) is 0.686. The van der Waals surface area contributed by atoms with Crippen molar-refractivity contribution in [2.75, 3.05) is 6.54 Å². The zero-order valence-corrected chi connectivity index (χ0v) is 13.7. The van der Waals surface area contributed by atoms with Crippen molar-refractivity contribution in [1.82, 2.24) is 5.32 Å². The van der Waals surface area contributed by atoms with Gasteiger partial charge < -0.3 is 5.32 Å². The lowest BCUT2D eigenvalue weighted by Gasteiger charge is -2.19. The standard InChI is InChI=1S/C16H15Cl3FN/c1-2-21-16(11-4-5-12(17)13(18)9-11)8-10-3-6-15(20)14(19)7-10/h3-7,9,16,21H,2,8H2,1H3. The summed E-state index contributed by atoms with van der Waals surface area (Å²) in [4.78, 5) is 0. The lowest BCUT2D eigenvalue weighted by atomic mass is 9.99. The van der Waals surface area contributed by atoms with Gasteiger partial charge in [0.25, 0.3) is 0 Å². The Labute approximate surface area is 139 Å². The van der Waals surface area contributed by atoms with Gasteiger partial charge in [-0.05, 0) is 48.4 Å². The Morgan fingerprint density at radius 1 is 1.00 bits per heavy atom. The first-order chi connectivity index (χ1) is 10.0. The van der Waals surface area contributed by atoms with Crippen molar-refractivity contribution in [3.05, 3.63) is 68.4 Å². The molecule has 112 valence electrons. The van der Waals surface area contributed by atoms with E-state index in [1.807, 2.05) is 19.1 Å².